The molecule has 0 amide bonds. The van der Waals surface area contributed by atoms with Crippen molar-refractivity contribution in [1.82, 2.24) is 0 Å². The number of aliphatic hydroxyl groups excluding tert-OH is 2. The predicted molar refractivity (Wildman–Crippen MR) is 55.1 cm³/mol. The standard InChI is InChI=1S/C9H8Cl2O4/c10-4-1-2-5(6(11)3-4)7(12)8(13)9(14)15/h1-3,7-8,12-13H,(H,14,15)/t7-,8+/m1/s1. The van der Waals surface area contributed by atoms with Crippen LogP contribution in [0.5, 0.6) is 0 Å². The SMILES string of the molecule is O=C(O)[C@@H](O)[C@H](O)c1ccc(Cl)cc1Cl. The summed E-state index contributed by atoms with van der Waals surface area (Å²) in [6, 6.07) is 4.16. The molecule has 1 aromatic rings. The van der Waals surface area contributed by atoms with Gasteiger partial charge in [-0.3, -0.25) is 0 Å². The van der Waals surface area contributed by atoms with Crippen molar-refractivity contribution in [1.29, 1.82) is 0 Å². The number of carboxylic acid groups (broad SMARTS) is 1. The molecule has 0 aromatic heterocycles. The first-order valence-electron chi connectivity index (χ1n) is 3.97. The summed E-state index contributed by atoms with van der Waals surface area (Å²) in [5, 5.41) is 27.5. The van der Waals surface area contributed by atoms with Crippen LogP contribution >= 0.6 is 23.2 Å². The van der Waals surface area contributed by atoms with Crippen LogP contribution in [0.25, 0.3) is 0 Å². The molecule has 6 heteroatoms. The molecule has 0 fully saturated rings. The number of halogens is 2. The highest BCUT2D eigenvalue weighted by Gasteiger charge is 2.26. The Bertz CT molecular complexity index is 380. The van der Waals surface area contributed by atoms with Crippen molar-refractivity contribution < 1.29 is 20.1 Å². The van der Waals surface area contributed by atoms with Crippen molar-refractivity contribution in [2.45, 2.75) is 12.2 Å². The van der Waals surface area contributed by atoms with E-state index in [0.29, 0.717) is 5.02 Å². The highest BCUT2D eigenvalue weighted by atomic mass is 35.5. The van der Waals surface area contributed by atoms with E-state index in [0.717, 1.165) is 0 Å². The van der Waals surface area contributed by atoms with Gasteiger partial charge in [-0.15, -0.1) is 0 Å². The number of hydrogen-bond acceptors (Lipinski definition) is 3. The summed E-state index contributed by atoms with van der Waals surface area (Å²) >= 11 is 11.3. The van der Waals surface area contributed by atoms with Crippen LogP contribution in [0.1, 0.15) is 11.7 Å². The van der Waals surface area contributed by atoms with Crippen LogP contribution in [-0.4, -0.2) is 27.4 Å². The molecule has 82 valence electrons. The number of benzene rings is 1. The quantitative estimate of drug-likeness (QED) is 0.760. The van der Waals surface area contributed by atoms with E-state index in [1.807, 2.05) is 0 Å². The Hall–Kier alpha value is -0.810. The lowest BCUT2D eigenvalue weighted by atomic mass is 10.0. The Kier molecular flexibility index (Phi) is 3.93. The zero-order valence-electron chi connectivity index (χ0n) is 7.39. The largest absolute Gasteiger partial charge is 0.479 e. The molecule has 1 rings (SSSR count). The lowest BCUT2D eigenvalue weighted by molar-refractivity contribution is -0.153. The van der Waals surface area contributed by atoms with Crippen LogP contribution in [0.3, 0.4) is 0 Å². The van der Waals surface area contributed by atoms with Gasteiger partial charge in [0.05, 0.1) is 0 Å². The number of carboxylic acids is 1. The zero-order chi connectivity index (χ0) is 11.6. The van der Waals surface area contributed by atoms with Crippen molar-refractivity contribution in [3.63, 3.8) is 0 Å². The minimum atomic E-state index is -1.91. The van der Waals surface area contributed by atoms with Gasteiger partial charge in [0.25, 0.3) is 0 Å². The number of carbonyl (C=O) groups is 1. The second-order valence-electron chi connectivity index (χ2n) is 2.89. The van der Waals surface area contributed by atoms with Gasteiger partial charge in [0, 0.05) is 15.6 Å². The molecular weight excluding hydrogens is 243 g/mol. The van der Waals surface area contributed by atoms with E-state index in [4.69, 9.17) is 33.4 Å². The Morgan fingerprint density at radius 2 is 1.87 bits per heavy atom. The van der Waals surface area contributed by atoms with Gasteiger partial charge >= 0.3 is 5.97 Å². The third-order valence-corrected chi connectivity index (χ3v) is 2.40. The topological polar surface area (TPSA) is 77.8 Å². The predicted octanol–water partition coefficient (Wildman–Crippen LogP) is 1.47. The molecule has 0 spiro atoms. The molecule has 3 N–H and O–H groups in total. The fraction of sp³-hybridized carbons (Fsp3) is 0.222. The average Bonchev–Trinajstić information content (AvgIpc) is 2.15. The second-order valence-corrected chi connectivity index (χ2v) is 3.74. The smallest absolute Gasteiger partial charge is 0.335 e. The minimum absolute atomic E-state index is 0.107. The van der Waals surface area contributed by atoms with Gasteiger partial charge in [0.1, 0.15) is 6.10 Å². The summed E-state index contributed by atoms with van der Waals surface area (Å²) in [7, 11) is 0. The highest BCUT2D eigenvalue weighted by Crippen LogP contribution is 2.28. The van der Waals surface area contributed by atoms with Crippen LogP contribution in [0.15, 0.2) is 18.2 Å². The average molecular weight is 251 g/mol. The van der Waals surface area contributed by atoms with E-state index in [1.54, 1.807) is 0 Å². The summed E-state index contributed by atoms with van der Waals surface area (Å²) in [6.45, 7) is 0. The van der Waals surface area contributed by atoms with Crippen LogP contribution in [0.4, 0.5) is 0 Å². The Morgan fingerprint density at radius 1 is 1.27 bits per heavy atom. The lowest BCUT2D eigenvalue weighted by Gasteiger charge is -2.15. The first kappa shape index (κ1) is 12.3. The fourth-order valence-corrected chi connectivity index (χ4v) is 1.57. The van der Waals surface area contributed by atoms with E-state index in [1.165, 1.54) is 18.2 Å². The van der Waals surface area contributed by atoms with E-state index < -0.39 is 18.2 Å². The molecule has 0 aliphatic carbocycles. The van der Waals surface area contributed by atoms with Gasteiger partial charge in [-0.25, -0.2) is 4.79 Å². The maximum absolute atomic E-state index is 10.4. The number of aliphatic hydroxyl groups is 2. The number of aliphatic carboxylic acids is 1. The maximum Gasteiger partial charge on any atom is 0.335 e. The monoisotopic (exact) mass is 250 g/mol. The third kappa shape index (κ3) is 2.82. The van der Waals surface area contributed by atoms with Crippen molar-refractivity contribution in [2.75, 3.05) is 0 Å². The molecule has 4 nitrogen and oxygen atoms in total. The zero-order valence-corrected chi connectivity index (χ0v) is 8.90. The van der Waals surface area contributed by atoms with Gasteiger partial charge in [-0.1, -0.05) is 29.3 Å². The second kappa shape index (κ2) is 4.81. The van der Waals surface area contributed by atoms with Gasteiger partial charge < -0.3 is 15.3 Å². The van der Waals surface area contributed by atoms with Crippen LogP contribution in [0, 0.1) is 0 Å². The van der Waals surface area contributed by atoms with Gasteiger partial charge in [-0.2, -0.15) is 0 Å². The molecule has 0 radical (unpaired) electrons. The molecule has 0 aliphatic heterocycles. The summed E-state index contributed by atoms with van der Waals surface area (Å²) in [6.07, 6.45) is -3.49. The normalized spacial score (nSPS) is 14.7. The van der Waals surface area contributed by atoms with Crippen LogP contribution < -0.4 is 0 Å². The summed E-state index contributed by atoms with van der Waals surface area (Å²) in [5.41, 5.74) is 0.121. The van der Waals surface area contributed by atoms with E-state index in [-0.39, 0.29) is 10.6 Å². The van der Waals surface area contributed by atoms with E-state index >= 15 is 0 Å². The molecule has 0 bridgehead atoms. The number of rotatable bonds is 3. The summed E-state index contributed by atoms with van der Waals surface area (Å²) in [4.78, 5) is 10.4. The van der Waals surface area contributed by atoms with Gasteiger partial charge in [-0.05, 0) is 12.1 Å². The Balaban J connectivity index is 3.01. The first-order chi connectivity index (χ1) is 6.93. The Morgan fingerprint density at radius 3 is 2.33 bits per heavy atom. The Labute approximate surface area is 95.7 Å². The molecule has 1 aromatic carbocycles. The molecule has 2 atom stereocenters. The fourth-order valence-electron chi connectivity index (χ4n) is 1.05. The molecule has 0 unspecified atom stereocenters. The summed E-state index contributed by atoms with van der Waals surface area (Å²) < 4.78 is 0. The van der Waals surface area contributed by atoms with Gasteiger partial charge in [0.15, 0.2) is 6.10 Å². The van der Waals surface area contributed by atoms with Crippen molar-refractivity contribution in [3.05, 3.63) is 33.8 Å². The van der Waals surface area contributed by atoms with Crippen LogP contribution in [0.2, 0.25) is 10.0 Å². The van der Waals surface area contributed by atoms with E-state index in [9.17, 15) is 9.90 Å². The van der Waals surface area contributed by atoms with Crippen LogP contribution in [-0.2, 0) is 4.79 Å². The molecular formula is C9H8Cl2O4. The molecule has 0 saturated carbocycles. The van der Waals surface area contributed by atoms with E-state index in [2.05, 4.69) is 0 Å². The first-order valence-corrected chi connectivity index (χ1v) is 4.73. The third-order valence-electron chi connectivity index (χ3n) is 1.83. The van der Waals surface area contributed by atoms with Crippen molar-refractivity contribution >= 4 is 29.2 Å². The lowest BCUT2D eigenvalue weighted by Crippen LogP contribution is -2.27. The minimum Gasteiger partial charge on any atom is -0.479 e. The number of hydrogen-bond donors (Lipinski definition) is 3. The molecule has 0 saturated heterocycles. The molecule has 0 aliphatic rings. The summed E-state index contributed by atoms with van der Waals surface area (Å²) in [5.74, 6) is -1.52. The molecule has 0 heterocycles. The van der Waals surface area contributed by atoms with Gasteiger partial charge in [0.2, 0.25) is 0 Å². The molecule has 15 heavy (non-hydrogen) atoms. The van der Waals surface area contributed by atoms with Crippen molar-refractivity contribution in [3.8, 4) is 0 Å². The highest BCUT2D eigenvalue weighted by molar-refractivity contribution is 6.35. The van der Waals surface area contributed by atoms with Crippen molar-refractivity contribution in [2.24, 2.45) is 0 Å². The maximum atomic E-state index is 10.4.